The maximum absolute atomic E-state index is 11.5. The minimum Gasteiger partial charge on any atom is -0.383 e. The Hall–Kier alpha value is -1.93. The number of nitrogen functional groups attached to an aromatic ring is 1. The van der Waals surface area contributed by atoms with Gasteiger partial charge in [-0.3, -0.25) is 4.79 Å². The second kappa shape index (κ2) is 7.75. The van der Waals surface area contributed by atoms with Crippen molar-refractivity contribution in [2.75, 3.05) is 37.5 Å². The van der Waals surface area contributed by atoms with Crippen LogP contribution in [0.3, 0.4) is 0 Å². The third-order valence-corrected chi connectivity index (χ3v) is 3.12. The standard InChI is InChI=1S/C13H22N6O2/c1-21-7-6-16-12(20)4-5-15-10-8-11(19-14)18-13(17-10)9-2-3-9/h8-9H,2-7,14H2,1H3,(H,16,20)(H2,15,17,18,19). The topological polar surface area (TPSA) is 114 Å². The summed E-state index contributed by atoms with van der Waals surface area (Å²) in [4.78, 5) is 20.3. The summed E-state index contributed by atoms with van der Waals surface area (Å²) in [5.74, 6) is 7.90. The number of methoxy groups -OCH3 is 1. The van der Waals surface area contributed by atoms with Gasteiger partial charge in [-0.2, -0.15) is 0 Å². The summed E-state index contributed by atoms with van der Waals surface area (Å²) in [6, 6.07) is 1.73. The van der Waals surface area contributed by atoms with Crippen LogP contribution in [0.5, 0.6) is 0 Å². The Kier molecular flexibility index (Phi) is 5.70. The van der Waals surface area contributed by atoms with Gasteiger partial charge in [0, 0.05) is 38.6 Å². The molecule has 0 atom stereocenters. The van der Waals surface area contributed by atoms with E-state index in [4.69, 9.17) is 10.6 Å². The number of amides is 1. The Balaban J connectivity index is 1.79. The highest BCUT2D eigenvalue weighted by molar-refractivity contribution is 5.76. The second-order valence-electron chi connectivity index (χ2n) is 4.93. The average Bonchev–Trinajstić information content (AvgIpc) is 3.32. The van der Waals surface area contributed by atoms with Crippen molar-refractivity contribution in [3.05, 3.63) is 11.9 Å². The van der Waals surface area contributed by atoms with Gasteiger partial charge in [-0.05, 0) is 12.8 Å². The van der Waals surface area contributed by atoms with E-state index >= 15 is 0 Å². The van der Waals surface area contributed by atoms with Crippen molar-refractivity contribution in [2.24, 2.45) is 5.84 Å². The number of aromatic nitrogens is 2. The van der Waals surface area contributed by atoms with Gasteiger partial charge < -0.3 is 20.8 Å². The van der Waals surface area contributed by atoms with Crippen LogP contribution in [0.4, 0.5) is 11.6 Å². The van der Waals surface area contributed by atoms with Gasteiger partial charge >= 0.3 is 0 Å². The van der Waals surface area contributed by atoms with Gasteiger partial charge in [0.2, 0.25) is 5.91 Å². The van der Waals surface area contributed by atoms with Crippen molar-refractivity contribution >= 4 is 17.5 Å². The van der Waals surface area contributed by atoms with Gasteiger partial charge in [0.25, 0.3) is 0 Å². The van der Waals surface area contributed by atoms with E-state index in [-0.39, 0.29) is 5.91 Å². The molecule has 1 amide bonds. The highest BCUT2D eigenvalue weighted by Gasteiger charge is 2.27. The van der Waals surface area contributed by atoms with E-state index in [0.717, 1.165) is 18.7 Å². The first-order valence-corrected chi connectivity index (χ1v) is 7.08. The van der Waals surface area contributed by atoms with E-state index < -0.39 is 0 Å². The van der Waals surface area contributed by atoms with E-state index in [0.29, 0.717) is 43.7 Å². The van der Waals surface area contributed by atoms with Gasteiger partial charge in [0.15, 0.2) is 0 Å². The molecule has 8 heteroatoms. The molecule has 0 radical (unpaired) electrons. The lowest BCUT2D eigenvalue weighted by Crippen LogP contribution is -2.28. The van der Waals surface area contributed by atoms with Crippen molar-refractivity contribution in [1.82, 2.24) is 15.3 Å². The van der Waals surface area contributed by atoms with Crippen LogP contribution in [0, 0.1) is 0 Å². The Labute approximate surface area is 123 Å². The Morgan fingerprint density at radius 1 is 1.38 bits per heavy atom. The molecule has 0 spiro atoms. The van der Waals surface area contributed by atoms with E-state index in [2.05, 4.69) is 26.0 Å². The number of rotatable bonds is 9. The molecule has 21 heavy (non-hydrogen) atoms. The molecule has 0 bridgehead atoms. The molecule has 5 N–H and O–H groups in total. The summed E-state index contributed by atoms with van der Waals surface area (Å²) in [6.07, 6.45) is 2.61. The zero-order valence-corrected chi connectivity index (χ0v) is 12.2. The molecule has 8 nitrogen and oxygen atoms in total. The number of carbonyl (C=O) groups is 1. The maximum atomic E-state index is 11.5. The summed E-state index contributed by atoms with van der Waals surface area (Å²) in [7, 11) is 1.60. The van der Waals surface area contributed by atoms with Crippen LogP contribution in [0.2, 0.25) is 0 Å². The summed E-state index contributed by atoms with van der Waals surface area (Å²) in [5.41, 5.74) is 2.54. The predicted molar refractivity (Wildman–Crippen MR) is 79.8 cm³/mol. The smallest absolute Gasteiger partial charge is 0.221 e. The first-order chi connectivity index (χ1) is 10.2. The lowest BCUT2D eigenvalue weighted by Gasteiger charge is -2.09. The lowest BCUT2D eigenvalue weighted by atomic mass is 10.3. The fraction of sp³-hybridized carbons (Fsp3) is 0.615. The third kappa shape index (κ3) is 5.16. The highest BCUT2D eigenvalue weighted by atomic mass is 16.5. The number of nitrogens with zero attached hydrogens (tertiary/aromatic N) is 2. The molecular weight excluding hydrogens is 272 g/mol. The summed E-state index contributed by atoms with van der Waals surface area (Å²) in [6.45, 7) is 1.54. The van der Waals surface area contributed by atoms with Gasteiger partial charge in [-0.1, -0.05) is 0 Å². The van der Waals surface area contributed by atoms with E-state index in [1.807, 2.05) is 0 Å². The quantitative estimate of drug-likeness (QED) is 0.292. The van der Waals surface area contributed by atoms with Crippen LogP contribution in [-0.4, -0.2) is 42.7 Å². The van der Waals surface area contributed by atoms with Gasteiger partial charge in [0.1, 0.15) is 17.5 Å². The van der Waals surface area contributed by atoms with Crippen LogP contribution < -0.4 is 21.9 Å². The summed E-state index contributed by atoms with van der Waals surface area (Å²) in [5, 5.41) is 5.89. The van der Waals surface area contributed by atoms with Crippen molar-refractivity contribution < 1.29 is 9.53 Å². The summed E-state index contributed by atoms with van der Waals surface area (Å²) < 4.78 is 4.87. The van der Waals surface area contributed by atoms with Crippen LogP contribution in [0.25, 0.3) is 0 Å². The van der Waals surface area contributed by atoms with Crippen molar-refractivity contribution in [1.29, 1.82) is 0 Å². The number of carbonyl (C=O) groups excluding carboxylic acids is 1. The number of nitrogens with one attached hydrogen (secondary N) is 3. The van der Waals surface area contributed by atoms with Crippen LogP contribution in [-0.2, 0) is 9.53 Å². The van der Waals surface area contributed by atoms with E-state index in [1.54, 1.807) is 13.2 Å². The molecule has 116 valence electrons. The monoisotopic (exact) mass is 294 g/mol. The lowest BCUT2D eigenvalue weighted by molar-refractivity contribution is -0.121. The summed E-state index contributed by atoms with van der Waals surface area (Å²) >= 11 is 0. The normalized spacial score (nSPS) is 13.8. The number of ether oxygens (including phenoxy) is 1. The number of hydrogen-bond donors (Lipinski definition) is 4. The number of hydrogen-bond acceptors (Lipinski definition) is 7. The molecule has 1 aromatic heterocycles. The van der Waals surface area contributed by atoms with Crippen molar-refractivity contribution in [3.63, 3.8) is 0 Å². The van der Waals surface area contributed by atoms with Gasteiger partial charge in [-0.15, -0.1) is 0 Å². The molecular formula is C13H22N6O2. The van der Waals surface area contributed by atoms with Crippen LogP contribution in [0.1, 0.15) is 31.0 Å². The Morgan fingerprint density at radius 3 is 2.81 bits per heavy atom. The Morgan fingerprint density at radius 2 is 2.14 bits per heavy atom. The first kappa shape index (κ1) is 15.5. The van der Waals surface area contributed by atoms with Crippen molar-refractivity contribution in [2.45, 2.75) is 25.2 Å². The minimum atomic E-state index is -0.0202. The molecule has 1 heterocycles. The maximum Gasteiger partial charge on any atom is 0.221 e. The third-order valence-electron chi connectivity index (χ3n) is 3.12. The molecule has 1 aromatic rings. The zero-order chi connectivity index (χ0) is 15.1. The molecule has 1 saturated carbocycles. The molecule has 0 unspecified atom stereocenters. The number of anilines is 2. The second-order valence-corrected chi connectivity index (χ2v) is 4.93. The van der Waals surface area contributed by atoms with Crippen molar-refractivity contribution in [3.8, 4) is 0 Å². The van der Waals surface area contributed by atoms with E-state index in [1.165, 1.54) is 0 Å². The van der Waals surface area contributed by atoms with E-state index in [9.17, 15) is 4.79 Å². The fourth-order valence-electron chi connectivity index (χ4n) is 1.84. The molecule has 0 saturated heterocycles. The SMILES string of the molecule is COCCNC(=O)CCNc1cc(NN)nc(C2CC2)n1. The predicted octanol–water partition coefficient (Wildman–Crippen LogP) is 0.204. The molecule has 2 rings (SSSR count). The van der Waals surface area contributed by atoms with Crippen LogP contribution in [0.15, 0.2) is 6.07 Å². The molecule has 1 aliphatic carbocycles. The molecule has 0 aliphatic heterocycles. The molecule has 1 aliphatic rings. The molecule has 1 fully saturated rings. The zero-order valence-electron chi connectivity index (χ0n) is 12.2. The highest BCUT2D eigenvalue weighted by Crippen LogP contribution is 2.38. The minimum absolute atomic E-state index is 0.0202. The average molecular weight is 294 g/mol. The largest absolute Gasteiger partial charge is 0.383 e. The fourth-order valence-corrected chi connectivity index (χ4v) is 1.84. The van der Waals surface area contributed by atoms with Gasteiger partial charge in [0.05, 0.1) is 6.61 Å². The van der Waals surface area contributed by atoms with Gasteiger partial charge in [-0.25, -0.2) is 15.8 Å². The number of hydrazine groups is 1. The first-order valence-electron chi connectivity index (χ1n) is 7.08. The Bertz CT molecular complexity index is 478. The molecule has 0 aromatic carbocycles. The number of nitrogens with two attached hydrogens (primary N) is 1. The van der Waals surface area contributed by atoms with Crippen LogP contribution >= 0.6 is 0 Å².